The predicted octanol–water partition coefficient (Wildman–Crippen LogP) is 3.90. The maximum atomic E-state index is 12.5. The molecule has 1 aromatic carbocycles. The lowest BCUT2D eigenvalue weighted by molar-refractivity contribution is -0.137. The van der Waals surface area contributed by atoms with Crippen molar-refractivity contribution in [1.82, 2.24) is 14.8 Å². The maximum absolute atomic E-state index is 12.5. The van der Waals surface area contributed by atoms with Crippen LogP contribution in [0.1, 0.15) is 31.7 Å². The van der Waals surface area contributed by atoms with E-state index in [1.807, 2.05) is 23.1 Å². The summed E-state index contributed by atoms with van der Waals surface area (Å²) in [5, 5.41) is 3.23. The van der Waals surface area contributed by atoms with E-state index in [9.17, 15) is 4.79 Å². The number of carbonyl (C=O) groups is 1. The van der Waals surface area contributed by atoms with Crippen molar-refractivity contribution in [3.8, 4) is 17.0 Å². The Morgan fingerprint density at radius 3 is 2.63 bits per heavy atom. The lowest BCUT2D eigenvalue weighted by Gasteiger charge is -2.35. The summed E-state index contributed by atoms with van der Waals surface area (Å²) in [6, 6.07) is 8.01. The van der Waals surface area contributed by atoms with Gasteiger partial charge in [-0.1, -0.05) is 26.0 Å². The second-order valence-corrected chi connectivity index (χ2v) is 7.92. The van der Waals surface area contributed by atoms with Crippen molar-refractivity contribution in [1.29, 1.82) is 0 Å². The molecule has 0 unspecified atom stereocenters. The van der Waals surface area contributed by atoms with Crippen LogP contribution in [0.5, 0.6) is 5.75 Å². The lowest BCUT2D eigenvalue weighted by Crippen LogP contribution is -2.49. The van der Waals surface area contributed by atoms with Crippen molar-refractivity contribution >= 4 is 17.2 Å². The molecule has 1 fully saturated rings. The van der Waals surface area contributed by atoms with Crippen molar-refractivity contribution in [2.45, 2.75) is 33.2 Å². The van der Waals surface area contributed by atoms with Gasteiger partial charge in [-0.25, -0.2) is 4.98 Å². The summed E-state index contributed by atoms with van der Waals surface area (Å²) >= 11 is 1.70. The molecule has 1 aliphatic heterocycles. The van der Waals surface area contributed by atoms with Gasteiger partial charge < -0.3 is 9.64 Å². The molecule has 2 heterocycles. The summed E-state index contributed by atoms with van der Waals surface area (Å²) in [6.07, 6.45) is 1.86. The van der Waals surface area contributed by atoms with Crippen LogP contribution in [-0.4, -0.2) is 54.0 Å². The van der Waals surface area contributed by atoms with Crippen LogP contribution < -0.4 is 4.74 Å². The van der Waals surface area contributed by atoms with Crippen LogP contribution in [0.15, 0.2) is 29.6 Å². The normalized spacial score (nSPS) is 15.3. The first-order chi connectivity index (χ1) is 13.1. The Morgan fingerprint density at radius 1 is 1.22 bits per heavy atom. The first-order valence-corrected chi connectivity index (χ1v) is 10.6. The Labute approximate surface area is 166 Å². The van der Waals surface area contributed by atoms with Gasteiger partial charge in [-0.15, -0.1) is 11.3 Å². The molecule has 0 aliphatic carbocycles. The third-order valence-electron chi connectivity index (χ3n) is 5.29. The molecule has 1 aromatic heterocycles. The van der Waals surface area contributed by atoms with Crippen LogP contribution in [-0.2, 0) is 11.3 Å². The Morgan fingerprint density at radius 2 is 1.96 bits per heavy atom. The number of methoxy groups -OCH3 is 1. The van der Waals surface area contributed by atoms with E-state index in [-0.39, 0.29) is 5.92 Å². The highest BCUT2D eigenvalue weighted by Gasteiger charge is 2.25. The van der Waals surface area contributed by atoms with Gasteiger partial charge in [0.25, 0.3) is 0 Å². The highest BCUT2D eigenvalue weighted by Crippen LogP contribution is 2.26. The Balaban J connectivity index is 1.55. The number of hydrogen-bond donors (Lipinski definition) is 0. The summed E-state index contributed by atoms with van der Waals surface area (Å²) in [6.45, 7) is 8.53. The van der Waals surface area contributed by atoms with E-state index in [0.29, 0.717) is 5.91 Å². The number of nitrogens with zero attached hydrogens (tertiary/aromatic N) is 3. The molecule has 6 heteroatoms. The fourth-order valence-electron chi connectivity index (χ4n) is 3.51. The predicted molar refractivity (Wildman–Crippen MR) is 110 cm³/mol. The average molecular weight is 388 g/mol. The molecule has 1 amide bonds. The van der Waals surface area contributed by atoms with Crippen molar-refractivity contribution < 1.29 is 9.53 Å². The number of hydrogen-bond acceptors (Lipinski definition) is 5. The molecule has 5 nitrogen and oxygen atoms in total. The van der Waals surface area contributed by atoms with Crippen molar-refractivity contribution in [3.63, 3.8) is 0 Å². The van der Waals surface area contributed by atoms with Crippen LogP contribution in [0.3, 0.4) is 0 Å². The Hall–Kier alpha value is -1.92. The van der Waals surface area contributed by atoms with Crippen LogP contribution in [0, 0.1) is 5.92 Å². The molecule has 146 valence electrons. The third kappa shape index (κ3) is 4.87. The Kier molecular flexibility index (Phi) is 6.85. The van der Waals surface area contributed by atoms with Gasteiger partial charge in [0.15, 0.2) is 0 Å². The quantitative estimate of drug-likeness (QED) is 0.723. The molecule has 0 radical (unpaired) electrons. The van der Waals surface area contributed by atoms with E-state index in [0.717, 1.165) is 67.6 Å². The van der Waals surface area contributed by atoms with Crippen LogP contribution >= 0.6 is 11.3 Å². The second-order valence-electron chi connectivity index (χ2n) is 6.97. The van der Waals surface area contributed by atoms with Gasteiger partial charge in [0, 0.05) is 43.0 Å². The number of piperazine rings is 1. The lowest BCUT2D eigenvalue weighted by atomic mass is 10.0. The van der Waals surface area contributed by atoms with Crippen molar-refractivity contribution in [2.24, 2.45) is 5.92 Å². The van der Waals surface area contributed by atoms with Crippen molar-refractivity contribution in [3.05, 3.63) is 34.7 Å². The zero-order valence-corrected chi connectivity index (χ0v) is 17.3. The number of rotatable bonds is 7. The zero-order valence-electron chi connectivity index (χ0n) is 16.5. The fraction of sp³-hybridized carbons (Fsp3) is 0.524. The average Bonchev–Trinajstić information content (AvgIpc) is 3.18. The third-order valence-corrected chi connectivity index (χ3v) is 6.13. The van der Waals surface area contributed by atoms with Gasteiger partial charge in [0.05, 0.1) is 19.3 Å². The van der Waals surface area contributed by atoms with Gasteiger partial charge in [-0.05, 0) is 25.0 Å². The van der Waals surface area contributed by atoms with Crippen LogP contribution in [0.25, 0.3) is 11.3 Å². The van der Waals surface area contributed by atoms with E-state index in [1.54, 1.807) is 18.4 Å². The molecule has 0 saturated carbocycles. The van der Waals surface area contributed by atoms with Crippen molar-refractivity contribution in [2.75, 3.05) is 33.3 Å². The topological polar surface area (TPSA) is 45.7 Å². The maximum Gasteiger partial charge on any atom is 0.225 e. The van der Waals surface area contributed by atoms with Gasteiger partial charge >= 0.3 is 0 Å². The van der Waals surface area contributed by atoms with Gasteiger partial charge in [-0.3, -0.25) is 9.69 Å². The molecule has 3 rings (SSSR count). The monoisotopic (exact) mass is 387 g/mol. The molecule has 1 saturated heterocycles. The summed E-state index contributed by atoms with van der Waals surface area (Å²) in [5.74, 6) is 1.36. The van der Waals surface area contributed by atoms with Crippen LogP contribution in [0.2, 0.25) is 0 Å². The standard InChI is InChI=1S/C21H29N3O2S/c1-4-16(5-2)21(25)24-11-9-23(10-12-24)14-20-22-19(15-27-20)17-7-6-8-18(13-17)26-3/h6-8,13,15-16H,4-5,9-12,14H2,1-3H3. The summed E-state index contributed by atoms with van der Waals surface area (Å²) in [5.41, 5.74) is 2.08. The molecular formula is C21H29N3O2S. The zero-order chi connectivity index (χ0) is 19.2. The van der Waals surface area contributed by atoms with Gasteiger partial charge in [-0.2, -0.15) is 0 Å². The fourth-order valence-corrected chi connectivity index (χ4v) is 4.36. The van der Waals surface area contributed by atoms with E-state index >= 15 is 0 Å². The smallest absolute Gasteiger partial charge is 0.225 e. The summed E-state index contributed by atoms with van der Waals surface area (Å²) < 4.78 is 5.30. The molecule has 0 spiro atoms. The van der Waals surface area contributed by atoms with Gasteiger partial charge in [0.1, 0.15) is 10.8 Å². The summed E-state index contributed by atoms with van der Waals surface area (Å²) in [4.78, 5) is 21.8. The number of benzene rings is 1. The minimum atomic E-state index is 0.181. The molecule has 0 bridgehead atoms. The highest BCUT2D eigenvalue weighted by molar-refractivity contribution is 7.09. The number of thiazole rings is 1. The highest BCUT2D eigenvalue weighted by atomic mass is 32.1. The molecule has 27 heavy (non-hydrogen) atoms. The summed E-state index contributed by atoms with van der Waals surface area (Å²) in [7, 11) is 1.68. The minimum Gasteiger partial charge on any atom is -0.497 e. The number of carbonyl (C=O) groups excluding carboxylic acids is 1. The number of amides is 1. The molecule has 1 aliphatic rings. The SMILES string of the molecule is CCC(CC)C(=O)N1CCN(Cc2nc(-c3cccc(OC)c3)cs2)CC1. The second kappa shape index (κ2) is 9.33. The van der Waals surface area contributed by atoms with E-state index in [4.69, 9.17) is 9.72 Å². The molecule has 2 aromatic rings. The Bertz CT molecular complexity index is 749. The minimum absolute atomic E-state index is 0.181. The van der Waals surface area contributed by atoms with E-state index in [1.165, 1.54) is 0 Å². The van der Waals surface area contributed by atoms with Crippen LogP contribution in [0.4, 0.5) is 0 Å². The first-order valence-electron chi connectivity index (χ1n) is 9.74. The van der Waals surface area contributed by atoms with E-state index < -0.39 is 0 Å². The van der Waals surface area contributed by atoms with E-state index in [2.05, 4.69) is 30.2 Å². The number of aromatic nitrogens is 1. The number of ether oxygens (including phenoxy) is 1. The van der Waals surface area contributed by atoms with Gasteiger partial charge in [0.2, 0.25) is 5.91 Å². The molecule has 0 atom stereocenters. The molecule has 0 N–H and O–H groups in total. The first kappa shape index (κ1) is 19.8. The largest absolute Gasteiger partial charge is 0.497 e. The molecular weight excluding hydrogens is 358 g/mol.